The SMILES string of the molecule is Cc1cc2nc(Br)sc2c(-c2ccc(Cl)cc2)c1[C@@H](COC(=O)C(C)(C)C)OC(C)(C)C. The number of carbonyl (C=O) groups is 1. The lowest BCUT2D eigenvalue weighted by atomic mass is 9.91. The van der Waals surface area contributed by atoms with Crippen LogP contribution < -0.4 is 0 Å². The van der Waals surface area contributed by atoms with Crippen molar-refractivity contribution in [2.45, 2.75) is 60.2 Å². The molecule has 0 radical (unpaired) electrons. The third-order valence-corrected chi connectivity index (χ3v) is 6.62. The van der Waals surface area contributed by atoms with Crippen LogP contribution in [0, 0.1) is 12.3 Å². The van der Waals surface area contributed by atoms with Gasteiger partial charge in [-0.15, -0.1) is 11.3 Å². The lowest BCUT2D eigenvalue weighted by molar-refractivity contribution is -0.162. The van der Waals surface area contributed by atoms with Crippen molar-refractivity contribution in [2.75, 3.05) is 6.61 Å². The Kier molecular flexibility index (Phi) is 7.40. The number of aryl methyl sites for hydroxylation is 1. The van der Waals surface area contributed by atoms with E-state index in [1.807, 2.05) is 72.7 Å². The summed E-state index contributed by atoms with van der Waals surface area (Å²) in [4.78, 5) is 17.2. The van der Waals surface area contributed by atoms with Crippen molar-refractivity contribution < 1.29 is 14.3 Å². The molecule has 172 valence electrons. The average Bonchev–Trinajstić information content (AvgIpc) is 3.02. The quantitative estimate of drug-likeness (QED) is 0.308. The molecule has 0 aliphatic carbocycles. The summed E-state index contributed by atoms with van der Waals surface area (Å²) in [6.07, 6.45) is -0.447. The van der Waals surface area contributed by atoms with Crippen LogP contribution in [0.4, 0.5) is 0 Å². The first kappa shape index (κ1) is 25.2. The minimum Gasteiger partial charge on any atom is -0.462 e. The summed E-state index contributed by atoms with van der Waals surface area (Å²) in [5.41, 5.74) is 3.95. The minimum absolute atomic E-state index is 0.125. The number of carbonyl (C=O) groups excluding carboxylic acids is 1. The normalized spacial score (nSPS) is 13.4. The molecule has 0 bridgehead atoms. The van der Waals surface area contributed by atoms with Crippen LogP contribution >= 0.6 is 38.9 Å². The lowest BCUT2D eigenvalue weighted by Crippen LogP contribution is -2.30. The molecule has 0 unspecified atom stereocenters. The van der Waals surface area contributed by atoms with Crippen LogP contribution in [-0.4, -0.2) is 23.2 Å². The van der Waals surface area contributed by atoms with Gasteiger partial charge in [-0.05, 0) is 99.3 Å². The van der Waals surface area contributed by atoms with Crippen molar-refractivity contribution in [3.63, 3.8) is 0 Å². The standard InChI is InChI=1S/C25H29BrClNO3S/c1-14-12-17-21(32-23(26)28-17)20(15-8-10-16(27)11-9-15)19(14)18(31-25(5,6)7)13-30-22(29)24(2,3)4/h8-12,18H,13H2,1-7H3/t18-/m1/s1. The molecule has 3 aromatic rings. The zero-order valence-electron chi connectivity index (χ0n) is 19.5. The van der Waals surface area contributed by atoms with E-state index in [1.165, 1.54) is 0 Å². The summed E-state index contributed by atoms with van der Waals surface area (Å²) in [7, 11) is 0. The predicted molar refractivity (Wildman–Crippen MR) is 136 cm³/mol. The largest absolute Gasteiger partial charge is 0.462 e. The third-order valence-electron chi connectivity index (χ3n) is 4.83. The van der Waals surface area contributed by atoms with Gasteiger partial charge in [-0.3, -0.25) is 4.79 Å². The van der Waals surface area contributed by atoms with E-state index in [-0.39, 0.29) is 12.6 Å². The van der Waals surface area contributed by atoms with Gasteiger partial charge in [-0.1, -0.05) is 23.7 Å². The van der Waals surface area contributed by atoms with Crippen LogP contribution in [0.5, 0.6) is 0 Å². The number of rotatable bonds is 5. The third kappa shape index (κ3) is 5.90. The van der Waals surface area contributed by atoms with Gasteiger partial charge in [0, 0.05) is 10.6 Å². The Morgan fingerprint density at radius 3 is 2.34 bits per heavy atom. The molecule has 0 amide bonds. The molecule has 0 saturated carbocycles. The maximum absolute atomic E-state index is 12.6. The Morgan fingerprint density at radius 2 is 1.78 bits per heavy atom. The van der Waals surface area contributed by atoms with Crippen molar-refractivity contribution in [3.8, 4) is 11.1 Å². The fraction of sp³-hybridized carbons (Fsp3) is 0.440. The monoisotopic (exact) mass is 537 g/mol. The molecule has 0 aliphatic rings. The summed E-state index contributed by atoms with van der Waals surface area (Å²) in [6.45, 7) is 13.7. The van der Waals surface area contributed by atoms with Crippen LogP contribution in [-0.2, 0) is 14.3 Å². The molecule has 0 N–H and O–H groups in total. The van der Waals surface area contributed by atoms with E-state index in [2.05, 4.69) is 27.0 Å². The highest BCUT2D eigenvalue weighted by Gasteiger charge is 2.30. The molecule has 4 nitrogen and oxygen atoms in total. The van der Waals surface area contributed by atoms with Crippen LogP contribution in [0.2, 0.25) is 5.02 Å². The first-order valence-electron chi connectivity index (χ1n) is 10.5. The van der Waals surface area contributed by atoms with Gasteiger partial charge in [-0.2, -0.15) is 0 Å². The number of esters is 1. The van der Waals surface area contributed by atoms with Gasteiger partial charge in [-0.25, -0.2) is 4.98 Å². The van der Waals surface area contributed by atoms with Gasteiger partial charge in [0.05, 0.1) is 21.2 Å². The molecule has 1 heterocycles. The molecule has 0 spiro atoms. The molecule has 2 aromatic carbocycles. The lowest BCUT2D eigenvalue weighted by Gasteiger charge is -2.31. The number of benzene rings is 2. The molecular formula is C25H29BrClNO3S. The van der Waals surface area contributed by atoms with Gasteiger partial charge < -0.3 is 9.47 Å². The van der Waals surface area contributed by atoms with Crippen LogP contribution in [0.15, 0.2) is 34.2 Å². The summed E-state index contributed by atoms with van der Waals surface area (Å²) in [5, 5.41) is 0.672. The highest BCUT2D eigenvalue weighted by atomic mass is 79.9. The molecule has 32 heavy (non-hydrogen) atoms. The van der Waals surface area contributed by atoms with E-state index in [1.54, 1.807) is 11.3 Å². The smallest absolute Gasteiger partial charge is 0.311 e. The van der Waals surface area contributed by atoms with Gasteiger partial charge in [0.2, 0.25) is 0 Å². The fourth-order valence-electron chi connectivity index (χ4n) is 3.47. The first-order chi connectivity index (χ1) is 14.8. The molecule has 0 aliphatic heterocycles. The maximum Gasteiger partial charge on any atom is 0.311 e. The van der Waals surface area contributed by atoms with Gasteiger partial charge in [0.15, 0.2) is 3.92 Å². The Hall–Kier alpha value is -1.47. The van der Waals surface area contributed by atoms with Crippen molar-refractivity contribution in [1.29, 1.82) is 0 Å². The molecule has 3 rings (SSSR count). The second kappa shape index (κ2) is 9.41. The van der Waals surface area contributed by atoms with Crippen molar-refractivity contribution in [2.24, 2.45) is 5.41 Å². The number of hydrogen-bond acceptors (Lipinski definition) is 5. The zero-order chi connectivity index (χ0) is 23.8. The second-order valence-electron chi connectivity index (χ2n) is 9.87. The summed E-state index contributed by atoms with van der Waals surface area (Å²) in [5.74, 6) is -0.257. The zero-order valence-corrected chi connectivity index (χ0v) is 22.7. The molecular weight excluding hydrogens is 510 g/mol. The van der Waals surface area contributed by atoms with Crippen molar-refractivity contribution in [1.82, 2.24) is 4.98 Å². The number of ether oxygens (including phenoxy) is 2. The Labute approximate surface area is 207 Å². The van der Waals surface area contributed by atoms with Gasteiger partial charge >= 0.3 is 5.97 Å². The fourth-order valence-corrected chi connectivity index (χ4v) is 5.13. The number of thiazole rings is 1. The van der Waals surface area contributed by atoms with Crippen LogP contribution in [0.1, 0.15) is 58.8 Å². The minimum atomic E-state index is -0.590. The van der Waals surface area contributed by atoms with E-state index in [0.29, 0.717) is 5.02 Å². The number of hydrogen-bond donors (Lipinski definition) is 0. The van der Waals surface area contributed by atoms with Crippen molar-refractivity contribution in [3.05, 3.63) is 50.4 Å². The Morgan fingerprint density at radius 1 is 1.16 bits per heavy atom. The maximum atomic E-state index is 12.6. The van der Waals surface area contributed by atoms with E-state index >= 15 is 0 Å². The Balaban J connectivity index is 2.21. The molecule has 1 aromatic heterocycles. The first-order valence-corrected chi connectivity index (χ1v) is 12.5. The average molecular weight is 539 g/mol. The summed E-state index contributed by atoms with van der Waals surface area (Å²) < 4.78 is 14.1. The van der Waals surface area contributed by atoms with Gasteiger partial charge in [0.1, 0.15) is 12.7 Å². The molecule has 7 heteroatoms. The van der Waals surface area contributed by atoms with Crippen LogP contribution in [0.25, 0.3) is 21.3 Å². The van der Waals surface area contributed by atoms with E-state index in [4.69, 9.17) is 21.1 Å². The summed E-state index contributed by atoms with van der Waals surface area (Å²) in [6, 6.07) is 9.83. The van der Waals surface area contributed by atoms with Crippen molar-refractivity contribution >= 4 is 55.1 Å². The number of nitrogens with zero attached hydrogens (tertiary/aromatic N) is 1. The topological polar surface area (TPSA) is 48.4 Å². The highest BCUT2D eigenvalue weighted by Crippen LogP contribution is 2.43. The van der Waals surface area contributed by atoms with E-state index in [0.717, 1.165) is 36.4 Å². The van der Waals surface area contributed by atoms with Crippen LogP contribution in [0.3, 0.4) is 0 Å². The number of aromatic nitrogens is 1. The molecule has 0 saturated heterocycles. The van der Waals surface area contributed by atoms with E-state index < -0.39 is 17.1 Å². The molecule has 1 atom stereocenters. The summed E-state index contributed by atoms with van der Waals surface area (Å²) >= 11 is 11.3. The highest BCUT2D eigenvalue weighted by molar-refractivity contribution is 9.11. The predicted octanol–water partition coefficient (Wildman–Crippen LogP) is 8.13. The number of halogens is 2. The van der Waals surface area contributed by atoms with E-state index in [9.17, 15) is 4.79 Å². The Bertz CT molecular complexity index is 1130. The number of fused-ring (bicyclic) bond motifs is 1. The second-order valence-corrected chi connectivity index (χ2v) is 12.6. The molecule has 0 fully saturated rings. The van der Waals surface area contributed by atoms with Gasteiger partial charge in [0.25, 0.3) is 0 Å².